The van der Waals surface area contributed by atoms with E-state index in [2.05, 4.69) is 19.7 Å². The van der Waals surface area contributed by atoms with Gasteiger partial charge in [-0.2, -0.15) is 0 Å². The minimum atomic E-state index is -3.83. The van der Waals surface area contributed by atoms with Gasteiger partial charge in [-0.1, -0.05) is 11.6 Å². The lowest BCUT2D eigenvalue weighted by molar-refractivity contribution is 0.340. The molecule has 1 aromatic heterocycles. The highest BCUT2D eigenvalue weighted by Crippen LogP contribution is 2.32. The zero-order chi connectivity index (χ0) is 23.9. The zero-order valence-electron chi connectivity index (χ0n) is 17.9. The van der Waals surface area contributed by atoms with Crippen LogP contribution in [0.15, 0.2) is 81.4 Å². The molecule has 10 heteroatoms. The Bertz CT molecular complexity index is 1680. The number of sulfonamides is 1. The van der Waals surface area contributed by atoms with Crippen LogP contribution < -0.4 is 20.2 Å². The molecule has 2 heterocycles. The van der Waals surface area contributed by atoms with Crippen LogP contribution in [0.2, 0.25) is 5.02 Å². The van der Waals surface area contributed by atoms with Gasteiger partial charge in [0, 0.05) is 27.2 Å². The predicted octanol–water partition coefficient (Wildman–Crippen LogP) is 3.98. The Hall–Kier alpha value is -3.82. The van der Waals surface area contributed by atoms with Crippen molar-refractivity contribution in [3.63, 3.8) is 0 Å². The third-order valence-corrected chi connectivity index (χ3v) is 6.83. The molecule has 0 bridgehead atoms. The monoisotopic (exact) mass is 494 g/mol. The summed E-state index contributed by atoms with van der Waals surface area (Å²) in [6.07, 6.45) is 1.63. The van der Waals surface area contributed by atoms with E-state index in [1.165, 1.54) is 12.1 Å². The number of anilines is 1. The fourth-order valence-corrected chi connectivity index (χ4v) is 4.87. The third kappa shape index (κ3) is 4.23. The molecule has 4 aromatic rings. The molecule has 1 aliphatic heterocycles. The van der Waals surface area contributed by atoms with E-state index in [0.29, 0.717) is 56.1 Å². The van der Waals surface area contributed by atoms with Gasteiger partial charge in [0.25, 0.3) is 10.0 Å². The largest absolute Gasteiger partial charge is 0.494 e. The number of aromatic amines is 1. The van der Waals surface area contributed by atoms with E-state index in [4.69, 9.17) is 16.3 Å². The number of aromatic hydroxyl groups is 1. The number of fused-ring (bicyclic) bond motifs is 2. The summed E-state index contributed by atoms with van der Waals surface area (Å²) in [6.45, 7) is 2.35. The van der Waals surface area contributed by atoms with Crippen LogP contribution in [0.25, 0.3) is 17.0 Å². The molecule has 0 spiro atoms. The molecule has 3 aromatic carbocycles. The van der Waals surface area contributed by atoms with Gasteiger partial charge in [-0.3, -0.25) is 4.72 Å². The number of nitrogens with zero attached hydrogens (tertiary/aromatic N) is 2. The van der Waals surface area contributed by atoms with Crippen LogP contribution in [0, 0.1) is 0 Å². The number of H-pyrrole nitrogens is 1. The van der Waals surface area contributed by atoms with Crippen molar-refractivity contribution in [3.8, 4) is 11.6 Å². The lowest BCUT2D eigenvalue weighted by Crippen LogP contribution is -2.20. The Morgan fingerprint density at radius 2 is 1.82 bits per heavy atom. The average molecular weight is 495 g/mol. The van der Waals surface area contributed by atoms with Crippen molar-refractivity contribution < 1.29 is 18.3 Å². The molecule has 0 saturated heterocycles. The van der Waals surface area contributed by atoms with Crippen molar-refractivity contribution >= 4 is 44.3 Å². The summed E-state index contributed by atoms with van der Waals surface area (Å²) < 4.78 is 33.7. The standard InChI is InChI=1S/C24H19ClN4O4S/c1-2-33-16-5-7-17(8-6-16)34(31,32)29-15-4-10-20-18(12-15)19(24(30)28-20)13-23-26-21-9-3-14(25)11-22(21)27-23/h3-13,28-30H,2H2,1H3/b23-13+. The summed E-state index contributed by atoms with van der Waals surface area (Å²) in [5, 5.41) is 13.0. The Morgan fingerprint density at radius 3 is 2.59 bits per heavy atom. The number of hydrogen-bond acceptors (Lipinski definition) is 6. The van der Waals surface area contributed by atoms with Gasteiger partial charge in [0.1, 0.15) is 5.75 Å². The second-order valence-corrected chi connectivity index (χ2v) is 9.64. The van der Waals surface area contributed by atoms with Gasteiger partial charge in [0.2, 0.25) is 0 Å². The highest BCUT2D eigenvalue weighted by molar-refractivity contribution is 7.92. The van der Waals surface area contributed by atoms with Crippen LogP contribution >= 0.6 is 11.6 Å². The number of rotatable bonds is 6. The molecule has 172 valence electrons. The van der Waals surface area contributed by atoms with Crippen LogP contribution in [-0.4, -0.2) is 25.1 Å². The molecule has 0 unspecified atom stereocenters. The molecule has 0 radical (unpaired) electrons. The lowest BCUT2D eigenvalue weighted by Gasteiger charge is -2.09. The minimum Gasteiger partial charge on any atom is -0.494 e. The van der Waals surface area contributed by atoms with Gasteiger partial charge in [-0.15, -0.1) is 0 Å². The minimum absolute atomic E-state index is 0.0755. The molecule has 0 fully saturated rings. The number of aromatic nitrogens is 1. The van der Waals surface area contributed by atoms with E-state index in [0.717, 1.165) is 0 Å². The van der Waals surface area contributed by atoms with E-state index in [9.17, 15) is 13.5 Å². The average Bonchev–Trinajstić information content (AvgIpc) is 3.34. The quantitative estimate of drug-likeness (QED) is 0.376. The fraction of sp³-hybridized carbons (Fsp3) is 0.0833. The molecular formula is C24H19ClN4O4S. The highest BCUT2D eigenvalue weighted by atomic mass is 35.5. The maximum atomic E-state index is 12.9. The van der Waals surface area contributed by atoms with Crippen molar-refractivity contribution in [2.45, 2.75) is 11.8 Å². The van der Waals surface area contributed by atoms with E-state index >= 15 is 0 Å². The first-order valence-corrected chi connectivity index (χ1v) is 12.2. The molecule has 0 atom stereocenters. The Kier molecular flexibility index (Phi) is 5.51. The van der Waals surface area contributed by atoms with Crippen LogP contribution in [0.5, 0.6) is 11.6 Å². The molecule has 0 amide bonds. The van der Waals surface area contributed by atoms with Crippen LogP contribution in [0.4, 0.5) is 5.69 Å². The molecule has 8 nitrogen and oxygen atoms in total. The third-order valence-electron chi connectivity index (χ3n) is 5.20. The van der Waals surface area contributed by atoms with E-state index in [1.54, 1.807) is 54.6 Å². The van der Waals surface area contributed by atoms with E-state index in [-0.39, 0.29) is 10.8 Å². The fourth-order valence-electron chi connectivity index (χ4n) is 3.65. The maximum Gasteiger partial charge on any atom is 0.261 e. The van der Waals surface area contributed by atoms with E-state index in [1.807, 2.05) is 6.92 Å². The molecule has 5 rings (SSSR count). The van der Waals surface area contributed by atoms with Gasteiger partial charge >= 0.3 is 0 Å². The van der Waals surface area contributed by atoms with Crippen molar-refractivity contribution in [2.24, 2.45) is 9.98 Å². The van der Waals surface area contributed by atoms with Crippen molar-refractivity contribution in [3.05, 3.63) is 87.8 Å². The molecule has 1 aliphatic rings. The Labute approximate surface area is 200 Å². The van der Waals surface area contributed by atoms with Crippen LogP contribution in [0.1, 0.15) is 12.5 Å². The number of halogens is 1. The summed E-state index contributed by atoms with van der Waals surface area (Å²) in [6, 6.07) is 16.3. The smallest absolute Gasteiger partial charge is 0.261 e. The SMILES string of the molecule is CCOc1ccc(S(=O)(=O)Nc2ccc3[nH]c(O)c(/C=C4\N=c5ccc(Cl)cc5=N4)c3c2)cc1. The predicted molar refractivity (Wildman–Crippen MR) is 130 cm³/mol. The second-order valence-electron chi connectivity index (χ2n) is 7.52. The zero-order valence-corrected chi connectivity index (χ0v) is 19.5. The van der Waals surface area contributed by atoms with Gasteiger partial charge in [0.05, 0.1) is 22.2 Å². The van der Waals surface area contributed by atoms with Crippen LogP contribution in [-0.2, 0) is 10.0 Å². The summed E-state index contributed by atoms with van der Waals surface area (Å²) >= 11 is 6.02. The van der Waals surface area contributed by atoms with Gasteiger partial charge in [-0.05, 0) is 73.7 Å². The number of ether oxygens (including phenoxy) is 1. The summed E-state index contributed by atoms with van der Waals surface area (Å²) in [4.78, 5) is 11.9. The Morgan fingerprint density at radius 1 is 1.06 bits per heavy atom. The first-order chi connectivity index (χ1) is 16.3. The molecule has 0 aliphatic carbocycles. The number of nitrogens with one attached hydrogen (secondary N) is 2. The van der Waals surface area contributed by atoms with E-state index < -0.39 is 10.0 Å². The summed E-state index contributed by atoms with van der Waals surface area (Å²) in [5.74, 6) is 0.915. The summed E-state index contributed by atoms with van der Waals surface area (Å²) in [5.41, 5.74) is 1.42. The normalized spacial score (nSPS) is 14.0. The molecule has 34 heavy (non-hydrogen) atoms. The van der Waals surface area contributed by atoms with Crippen molar-refractivity contribution in [2.75, 3.05) is 11.3 Å². The van der Waals surface area contributed by atoms with Gasteiger partial charge in [0.15, 0.2) is 11.7 Å². The van der Waals surface area contributed by atoms with Crippen molar-refractivity contribution in [1.82, 2.24) is 4.98 Å². The van der Waals surface area contributed by atoms with Gasteiger partial charge < -0.3 is 14.8 Å². The molecule has 0 saturated carbocycles. The molecular weight excluding hydrogens is 476 g/mol. The number of benzene rings is 3. The van der Waals surface area contributed by atoms with Crippen LogP contribution in [0.3, 0.4) is 0 Å². The molecule has 3 N–H and O–H groups in total. The maximum absolute atomic E-state index is 12.9. The second kappa shape index (κ2) is 8.51. The number of hydrogen-bond donors (Lipinski definition) is 3. The van der Waals surface area contributed by atoms with Crippen molar-refractivity contribution in [1.29, 1.82) is 0 Å². The topological polar surface area (TPSA) is 116 Å². The first-order valence-electron chi connectivity index (χ1n) is 10.4. The summed E-state index contributed by atoms with van der Waals surface area (Å²) in [7, 11) is -3.83. The lowest BCUT2D eigenvalue weighted by atomic mass is 10.1. The first kappa shape index (κ1) is 22.0. The van der Waals surface area contributed by atoms with Gasteiger partial charge in [-0.25, -0.2) is 18.4 Å². The highest BCUT2D eigenvalue weighted by Gasteiger charge is 2.17. The Balaban J connectivity index is 1.49.